The molecule has 1 aromatic carbocycles. The molecule has 3 heteroatoms. The average molecular weight is 331 g/mol. The smallest absolute Gasteiger partial charge is 0.872 e. The van der Waals surface area contributed by atoms with Crippen molar-refractivity contribution in [2.24, 2.45) is 0 Å². The summed E-state index contributed by atoms with van der Waals surface area (Å²) < 4.78 is 0. The van der Waals surface area contributed by atoms with Gasteiger partial charge in [-0.2, -0.15) is 0 Å². The molecule has 93 valence electrons. The van der Waals surface area contributed by atoms with E-state index in [-0.39, 0.29) is 42.8 Å². The third-order valence-corrected chi connectivity index (χ3v) is 2.98. The summed E-state index contributed by atoms with van der Waals surface area (Å²) in [6.45, 7) is 12.2. The zero-order chi connectivity index (χ0) is 12.7. The van der Waals surface area contributed by atoms with Gasteiger partial charge in [-0.25, -0.2) is 0 Å². The van der Waals surface area contributed by atoms with Crippen molar-refractivity contribution in [3.8, 4) is 5.75 Å². The van der Waals surface area contributed by atoms with Crippen LogP contribution in [0.15, 0.2) is 12.1 Å². The maximum atomic E-state index is 12.4. The van der Waals surface area contributed by atoms with E-state index in [0.717, 1.165) is 11.1 Å². The minimum Gasteiger partial charge on any atom is -0.872 e. The Balaban J connectivity index is 0.00000256. The number of hydrogen-bond acceptors (Lipinski definition) is 1. The Hall–Kier alpha value is 0.193. The van der Waals surface area contributed by atoms with Crippen LogP contribution in [0.2, 0.25) is 5.02 Å². The van der Waals surface area contributed by atoms with Gasteiger partial charge in [-0.15, -0.1) is 0 Å². The second kappa shape index (κ2) is 5.45. The molecule has 0 aliphatic heterocycles. The Morgan fingerprint density at radius 1 is 0.941 bits per heavy atom. The van der Waals surface area contributed by atoms with Crippen molar-refractivity contribution in [1.82, 2.24) is 0 Å². The number of rotatable bonds is 0. The minimum atomic E-state index is -0.213. The van der Waals surface area contributed by atoms with E-state index in [1.54, 1.807) is 0 Å². The van der Waals surface area contributed by atoms with Crippen LogP contribution in [0.3, 0.4) is 0 Å². The number of halogens is 1. The van der Waals surface area contributed by atoms with Crippen LogP contribution in [0.1, 0.15) is 52.7 Å². The van der Waals surface area contributed by atoms with Gasteiger partial charge in [-0.05, 0) is 22.5 Å². The molecule has 0 aromatic heterocycles. The summed E-state index contributed by atoms with van der Waals surface area (Å²) in [5, 5.41) is 13.0. The van der Waals surface area contributed by atoms with Crippen LogP contribution in [-0.2, 0) is 37.0 Å². The summed E-state index contributed by atoms with van der Waals surface area (Å²) in [4.78, 5) is 0. The van der Waals surface area contributed by atoms with Crippen LogP contribution < -0.4 is 5.11 Å². The number of benzene rings is 1. The number of hydrogen-bond donors (Lipinski definition) is 0. The fourth-order valence-corrected chi connectivity index (χ4v) is 2.28. The largest absolute Gasteiger partial charge is 1.00 e. The van der Waals surface area contributed by atoms with Crippen molar-refractivity contribution in [3.05, 3.63) is 28.3 Å². The molecule has 0 saturated carbocycles. The first-order chi connectivity index (χ1) is 7.05. The van der Waals surface area contributed by atoms with Crippen molar-refractivity contribution in [2.45, 2.75) is 52.4 Å². The van der Waals surface area contributed by atoms with Gasteiger partial charge in [0.05, 0.1) is 0 Å². The fraction of sp³-hybridized carbons (Fsp3) is 0.571. The molecule has 0 fully saturated rings. The van der Waals surface area contributed by atoms with Gasteiger partial charge in [-0.3, -0.25) is 0 Å². The quantitative estimate of drug-likeness (QED) is 0.705. The van der Waals surface area contributed by atoms with E-state index in [0.29, 0.717) is 5.02 Å². The molecule has 1 aromatic rings. The predicted molar refractivity (Wildman–Crippen MR) is 68.3 cm³/mol. The Morgan fingerprint density at radius 2 is 1.41 bits per heavy atom. The van der Waals surface area contributed by atoms with Gasteiger partial charge in [0, 0.05) is 5.02 Å². The molecule has 1 rings (SSSR count). The monoisotopic (exact) mass is 329 g/mol. The maximum absolute atomic E-state index is 12.4. The maximum Gasteiger partial charge on any atom is 1.00 e. The van der Waals surface area contributed by atoms with E-state index in [4.69, 9.17) is 11.6 Å². The molecule has 0 bridgehead atoms. The van der Waals surface area contributed by atoms with E-state index in [1.807, 2.05) is 53.7 Å². The fourth-order valence-electron chi connectivity index (χ4n) is 1.85. The molecule has 0 saturated heterocycles. The van der Waals surface area contributed by atoms with Crippen LogP contribution in [0, 0.1) is 0 Å². The van der Waals surface area contributed by atoms with Gasteiger partial charge in [-0.1, -0.05) is 70.5 Å². The van der Waals surface area contributed by atoms with Crippen molar-refractivity contribution in [3.63, 3.8) is 0 Å². The van der Waals surface area contributed by atoms with Gasteiger partial charge >= 0.3 is 26.2 Å². The first kappa shape index (κ1) is 17.2. The summed E-state index contributed by atoms with van der Waals surface area (Å²) in [5.41, 5.74) is 1.21. The Labute approximate surface area is 129 Å². The molecule has 0 amide bonds. The van der Waals surface area contributed by atoms with Gasteiger partial charge in [0.25, 0.3) is 0 Å². The van der Waals surface area contributed by atoms with Crippen LogP contribution in [0.25, 0.3) is 0 Å². The summed E-state index contributed by atoms with van der Waals surface area (Å²) in [6.07, 6.45) is 0. The third-order valence-electron chi connectivity index (χ3n) is 2.66. The van der Waals surface area contributed by atoms with Crippen molar-refractivity contribution in [2.75, 3.05) is 0 Å². The molecule has 1 nitrogen and oxygen atoms in total. The standard InChI is InChI=1S/C14H21ClO.Zr/c1-13(2,3)9-7-8-10(15)11(12(9)16)14(4,5)6;/h7-8,16H,1-6H3;/q;+1/p-1. The van der Waals surface area contributed by atoms with Crippen molar-refractivity contribution < 1.29 is 31.3 Å². The molecule has 0 spiro atoms. The minimum absolute atomic E-state index is 0. The van der Waals surface area contributed by atoms with E-state index in [9.17, 15) is 5.11 Å². The molecule has 0 unspecified atom stereocenters. The van der Waals surface area contributed by atoms with Crippen LogP contribution in [0.5, 0.6) is 5.75 Å². The normalized spacial score (nSPS) is 12.2. The Bertz CT molecular complexity index is 400. The molecule has 1 radical (unpaired) electrons. The molecule has 0 aliphatic carbocycles. The van der Waals surface area contributed by atoms with E-state index in [2.05, 4.69) is 0 Å². The van der Waals surface area contributed by atoms with Gasteiger partial charge in [0.15, 0.2) is 0 Å². The second-order valence-electron chi connectivity index (χ2n) is 6.30. The SMILES string of the molecule is CC(C)(C)c1ccc(Cl)c(C(C)(C)C)c1[O-].[Zr+]. The Morgan fingerprint density at radius 3 is 1.76 bits per heavy atom. The molecular weight excluding hydrogens is 311 g/mol. The molecule has 0 N–H and O–H groups in total. The van der Waals surface area contributed by atoms with Crippen molar-refractivity contribution in [1.29, 1.82) is 0 Å². The summed E-state index contributed by atoms with van der Waals surface area (Å²) >= 11 is 6.14. The first-order valence-corrected chi connectivity index (χ1v) is 5.93. The van der Waals surface area contributed by atoms with Crippen LogP contribution >= 0.6 is 11.6 Å². The molecule has 0 heterocycles. The van der Waals surface area contributed by atoms with Gasteiger partial charge < -0.3 is 5.11 Å². The second-order valence-corrected chi connectivity index (χ2v) is 6.71. The van der Waals surface area contributed by atoms with Crippen molar-refractivity contribution >= 4 is 11.6 Å². The zero-order valence-electron chi connectivity index (χ0n) is 11.4. The molecule has 0 atom stereocenters. The molecule has 0 aliphatic rings. The van der Waals surface area contributed by atoms with E-state index >= 15 is 0 Å². The molecular formula is C14H20ClOZr. The zero-order valence-corrected chi connectivity index (χ0v) is 14.7. The average Bonchev–Trinajstić information content (AvgIpc) is 1.97. The summed E-state index contributed by atoms with van der Waals surface area (Å²) in [6, 6.07) is 3.68. The summed E-state index contributed by atoms with van der Waals surface area (Å²) in [7, 11) is 0. The van der Waals surface area contributed by atoms with E-state index < -0.39 is 0 Å². The van der Waals surface area contributed by atoms with Gasteiger partial charge in [0.2, 0.25) is 0 Å². The third kappa shape index (κ3) is 3.83. The first-order valence-electron chi connectivity index (χ1n) is 5.55. The topological polar surface area (TPSA) is 23.1 Å². The summed E-state index contributed by atoms with van der Waals surface area (Å²) in [5.74, 6) is 0.0903. The van der Waals surface area contributed by atoms with Crippen LogP contribution in [0.4, 0.5) is 0 Å². The van der Waals surface area contributed by atoms with Gasteiger partial charge in [0.1, 0.15) is 0 Å². The molecule has 17 heavy (non-hydrogen) atoms. The Kier molecular flexibility index (Phi) is 5.51. The van der Waals surface area contributed by atoms with Crippen LogP contribution in [-0.4, -0.2) is 0 Å². The predicted octanol–water partition coefficient (Wildman–Crippen LogP) is 4.01. The van der Waals surface area contributed by atoms with E-state index in [1.165, 1.54) is 0 Å².